The molecule has 0 radical (unpaired) electrons. The first-order valence-electron chi connectivity index (χ1n) is 7.84. The Hall–Kier alpha value is -1.79. The van der Waals surface area contributed by atoms with Crippen LogP contribution in [0.3, 0.4) is 0 Å². The van der Waals surface area contributed by atoms with Crippen LogP contribution in [0, 0.1) is 0 Å². The molecule has 6 nitrogen and oxygen atoms in total. The van der Waals surface area contributed by atoms with Gasteiger partial charge < -0.3 is 14.6 Å². The average molecular weight is 358 g/mol. The largest absolute Gasteiger partial charge is 0.492 e. The molecule has 1 N–H and O–H groups in total. The molecule has 0 amide bonds. The summed E-state index contributed by atoms with van der Waals surface area (Å²) in [6.07, 6.45) is 2.13. The maximum Gasteiger partial charge on any atom is 0.337 e. The number of rotatable bonds is 6. The molecule has 7 heteroatoms. The topological polar surface area (TPSA) is 76.1 Å². The fourth-order valence-corrected chi connectivity index (χ4v) is 2.97. The van der Waals surface area contributed by atoms with E-state index >= 15 is 0 Å². The van der Waals surface area contributed by atoms with E-state index in [1.807, 2.05) is 0 Å². The van der Waals surface area contributed by atoms with Gasteiger partial charge in [0.15, 0.2) is 0 Å². The first-order valence-corrected chi connectivity index (χ1v) is 8.28. The number of esters is 1. The van der Waals surface area contributed by atoms with Gasteiger partial charge in [-0.15, -0.1) is 11.6 Å². The van der Waals surface area contributed by atoms with Crippen molar-refractivity contribution in [1.29, 1.82) is 0 Å². The highest BCUT2D eigenvalue weighted by atomic mass is 35.5. The lowest BCUT2D eigenvalue weighted by Crippen LogP contribution is -2.38. The maximum atomic E-state index is 11.4. The van der Waals surface area contributed by atoms with Crippen molar-refractivity contribution >= 4 is 24.0 Å². The van der Waals surface area contributed by atoms with Crippen molar-refractivity contribution in [2.45, 2.75) is 31.2 Å². The molecule has 2 atom stereocenters. The van der Waals surface area contributed by atoms with Gasteiger partial charge in [0.05, 0.1) is 24.1 Å². The SMILES string of the molecule is CCCN1CCC(Cl)[C@@H]1COc1ccc(C(=O)OC)cc1.O=CO. The summed E-state index contributed by atoms with van der Waals surface area (Å²) in [5.74, 6) is 0.405. The Kier molecular flexibility index (Phi) is 9.19. The van der Waals surface area contributed by atoms with Gasteiger partial charge in [0.2, 0.25) is 0 Å². The van der Waals surface area contributed by atoms with Gasteiger partial charge in [-0.25, -0.2) is 4.79 Å². The number of halogens is 1. The van der Waals surface area contributed by atoms with Gasteiger partial charge in [-0.05, 0) is 43.7 Å². The van der Waals surface area contributed by atoms with Crippen molar-refractivity contribution in [3.8, 4) is 5.75 Å². The molecule has 0 bridgehead atoms. The Morgan fingerprint density at radius 3 is 2.58 bits per heavy atom. The van der Waals surface area contributed by atoms with Crippen LogP contribution < -0.4 is 4.74 Å². The average Bonchev–Trinajstić information content (AvgIpc) is 2.94. The van der Waals surface area contributed by atoms with Crippen LogP contribution in [0.4, 0.5) is 0 Å². The molecule has 1 aromatic rings. The minimum absolute atomic E-state index is 0.144. The van der Waals surface area contributed by atoms with Gasteiger partial charge in [-0.1, -0.05) is 6.92 Å². The number of likely N-dealkylation sites (tertiary alicyclic amines) is 1. The second-order valence-electron chi connectivity index (χ2n) is 5.34. The van der Waals surface area contributed by atoms with Gasteiger partial charge >= 0.3 is 5.97 Å². The summed E-state index contributed by atoms with van der Waals surface area (Å²) in [6.45, 7) is 4.59. The summed E-state index contributed by atoms with van der Waals surface area (Å²) >= 11 is 6.38. The first kappa shape index (κ1) is 20.3. The number of alkyl halides is 1. The van der Waals surface area contributed by atoms with Crippen molar-refractivity contribution in [3.63, 3.8) is 0 Å². The lowest BCUT2D eigenvalue weighted by Gasteiger charge is -2.25. The molecule has 1 fully saturated rings. The van der Waals surface area contributed by atoms with Crippen LogP contribution in [0.5, 0.6) is 5.75 Å². The lowest BCUT2D eigenvalue weighted by atomic mass is 10.2. The Balaban J connectivity index is 0.000000891. The number of ether oxygens (including phenoxy) is 2. The predicted octanol–water partition coefficient (Wildman–Crippen LogP) is 2.64. The molecule has 1 aliphatic rings. The van der Waals surface area contributed by atoms with Crippen LogP contribution in [0.2, 0.25) is 0 Å². The summed E-state index contributed by atoms with van der Waals surface area (Å²) in [6, 6.07) is 7.24. The third-order valence-corrected chi connectivity index (χ3v) is 4.29. The lowest BCUT2D eigenvalue weighted by molar-refractivity contribution is -0.122. The molecule has 0 saturated carbocycles. The van der Waals surface area contributed by atoms with E-state index in [4.69, 9.17) is 26.2 Å². The highest BCUT2D eigenvalue weighted by Crippen LogP contribution is 2.24. The Morgan fingerprint density at radius 1 is 1.42 bits per heavy atom. The van der Waals surface area contributed by atoms with Crippen LogP contribution >= 0.6 is 11.6 Å². The standard InChI is InChI=1S/C16H22ClNO3.CH2O2/c1-3-9-18-10-8-14(17)15(18)11-21-13-6-4-12(5-7-13)16(19)20-2;2-1-3/h4-7,14-15H,3,8-11H2,1-2H3;1H,(H,2,3)/t14?,15-;/m0./s1. The molecule has 1 aromatic carbocycles. The van der Waals surface area contributed by atoms with Crippen LogP contribution in [0.15, 0.2) is 24.3 Å². The van der Waals surface area contributed by atoms with Gasteiger partial charge in [0.25, 0.3) is 6.47 Å². The molecule has 0 spiro atoms. The molecular formula is C17H24ClNO5. The molecule has 1 aliphatic heterocycles. The first-order chi connectivity index (χ1) is 11.6. The van der Waals surface area contributed by atoms with Crippen LogP contribution in [-0.2, 0) is 9.53 Å². The van der Waals surface area contributed by atoms with Crippen molar-refractivity contribution in [2.75, 3.05) is 26.8 Å². The number of carboxylic acid groups (broad SMARTS) is 1. The second-order valence-corrected chi connectivity index (χ2v) is 5.90. The smallest absolute Gasteiger partial charge is 0.337 e. The molecule has 2 rings (SSSR count). The highest BCUT2D eigenvalue weighted by molar-refractivity contribution is 6.21. The third kappa shape index (κ3) is 6.02. The van der Waals surface area contributed by atoms with Crippen LogP contribution in [0.25, 0.3) is 0 Å². The van der Waals surface area contributed by atoms with E-state index in [-0.39, 0.29) is 23.9 Å². The predicted molar refractivity (Wildman–Crippen MR) is 91.9 cm³/mol. The van der Waals surface area contributed by atoms with Crippen molar-refractivity contribution < 1.29 is 24.2 Å². The number of benzene rings is 1. The Morgan fingerprint density at radius 2 is 2.04 bits per heavy atom. The molecule has 1 unspecified atom stereocenters. The van der Waals surface area contributed by atoms with E-state index in [2.05, 4.69) is 16.6 Å². The van der Waals surface area contributed by atoms with Gasteiger partial charge in [0.1, 0.15) is 12.4 Å². The fraction of sp³-hybridized carbons (Fsp3) is 0.529. The number of hydrogen-bond donors (Lipinski definition) is 1. The zero-order chi connectivity index (χ0) is 17.9. The quantitative estimate of drug-likeness (QED) is 0.479. The van der Waals surface area contributed by atoms with Crippen molar-refractivity contribution in [1.82, 2.24) is 4.90 Å². The normalized spacial score (nSPS) is 20.0. The van der Waals surface area contributed by atoms with Gasteiger partial charge in [-0.3, -0.25) is 9.69 Å². The Labute approximate surface area is 147 Å². The molecule has 24 heavy (non-hydrogen) atoms. The van der Waals surface area contributed by atoms with E-state index in [0.29, 0.717) is 12.2 Å². The van der Waals surface area contributed by atoms with E-state index in [9.17, 15) is 4.79 Å². The van der Waals surface area contributed by atoms with Gasteiger partial charge in [0, 0.05) is 6.54 Å². The molecule has 0 aliphatic carbocycles. The van der Waals surface area contributed by atoms with Crippen molar-refractivity contribution in [2.24, 2.45) is 0 Å². The number of methoxy groups -OCH3 is 1. The molecule has 1 saturated heterocycles. The summed E-state index contributed by atoms with van der Waals surface area (Å²) in [5.41, 5.74) is 0.522. The number of hydrogen-bond acceptors (Lipinski definition) is 5. The summed E-state index contributed by atoms with van der Waals surface area (Å²) in [4.78, 5) is 22.1. The molecule has 0 aromatic heterocycles. The zero-order valence-electron chi connectivity index (χ0n) is 14.0. The Bertz CT molecular complexity index is 506. The maximum absolute atomic E-state index is 11.4. The van der Waals surface area contributed by atoms with Crippen LogP contribution in [0.1, 0.15) is 30.1 Å². The van der Waals surface area contributed by atoms with Crippen molar-refractivity contribution in [3.05, 3.63) is 29.8 Å². The minimum Gasteiger partial charge on any atom is -0.492 e. The third-order valence-electron chi connectivity index (χ3n) is 3.79. The zero-order valence-corrected chi connectivity index (χ0v) is 14.7. The van der Waals surface area contributed by atoms with Crippen LogP contribution in [-0.4, -0.2) is 60.7 Å². The highest BCUT2D eigenvalue weighted by Gasteiger charge is 2.32. The monoisotopic (exact) mass is 357 g/mol. The molecular weight excluding hydrogens is 334 g/mol. The van der Waals surface area contributed by atoms with Gasteiger partial charge in [-0.2, -0.15) is 0 Å². The minimum atomic E-state index is -0.340. The van der Waals surface area contributed by atoms with E-state index in [1.54, 1.807) is 24.3 Å². The molecule has 134 valence electrons. The summed E-state index contributed by atoms with van der Waals surface area (Å²) in [7, 11) is 1.37. The second kappa shape index (κ2) is 10.9. The van der Waals surface area contributed by atoms with E-state index in [0.717, 1.165) is 31.7 Å². The summed E-state index contributed by atoms with van der Waals surface area (Å²) in [5, 5.41) is 7.03. The summed E-state index contributed by atoms with van der Waals surface area (Å²) < 4.78 is 10.5. The molecule has 1 heterocycles. The van der Waals surface area contributed by atoms with E-state index < -0.39 is 0 Å². The number of carbonyl (C=O) groups excluding carboxylic acids is 1. The number of nitrogens with zero attached hydrogens (tertiary/aromatic N) is 1. The van der Waals surface area contributed by atoms with E-state index in [1.165, 1.54) is 7.11 Å². The fourth-order valence-electron chi connectivity index (χ4n) is 2.64. The number of carbonyl (C=O) groups is 2.